The first-order chi connectivity index (χ1) is 9.70. The maximum absolute atomic E-state index is 4.02. The van der Waals surface area contributed by atoms with Gasteiger partial charge < -0.3 is 5.32 Å². The van der Waals surface area contributed by atoms with Crippen molar-refractivity contribution in [2.24, 2.45) is 11.8 Å². The van der Waals surface area contributed by atoms with Crippen molar-refractivity contribution in [3.63, 3.8) is 0 Å². The van der Waals surface area contributed by atoms with Crippen molar-refractivity contribution in [3.05, 3.63) is 0 Å². The van der Waals surface area contributed by atoms with E-state index in [1.165, 1.54) is 83.8 Å². The normalized spacial score (nSPS) is 38.9. The molecule has 4 aliphatic rings. The van der Waals surface area contributed by atoms with E-state index in [2.05, 4.69) is 17.1 Å². The molecule has 0 aromatic rings. The van der Waals surface area contributed by atoms with Crippen LogP contribution in [0.1, 0.15) is 71.1 Å². The largest absolute Gasteiger partial charge is 0.308 e. The van der Waals surface area contributed by atoms with E-state index in [-0.39, 0.29) is 0 Å². The molecule has 1 unspecified atom stereocenters. The van der Waals surface area contributed by atoms with E-state index >= 15 is 0 Å². The van der Waals surface area contributed by atoms with E-state index < -0.39 is 0 Å². The van der Waals surface area contributed by atoms with Crippen LogP contribution in [0.2, 0.25) is 0 Å². The average Bonchev–Trinajstić information content (AvgIpc) is 3.24. The lowest BCUT2D eigenvalue weighted by molar-refractivity contribution is -0.0366. The number of piperazine rings is 1. The average molecular weight is 276 g/mol. The zero-order valence-electron chi connectivity index (χ0n) is 13.3. The monoisotopic (exact) mass is 276 g/mol. The smallest absolute Gasteiger partial charge is 0.0335 e. The summed E-state index contributed by atoms with van der Waals surface area (Å²) in [6, 6.07) is 0. The summed E-state index contributed by atoms with van der Waals surface area (Å²) in [6.45, 7) is 6.51. The summed E-state index contributed by atoms with van der Waals surface area (Å²) >= 11 is 0. The number of nitrogens with one attached hydrogen (secondary N) is 1. The molecule has 0 aromatic carbocycles. The Balaban J connectivity index is 1.52. The molecule has 1 N–H and O–H groups in total. The van der Waals surface area contributed by atoms with Crippen LogP contribution in [0.15, 0.2) is 0 Å². The van der Waals surface area contributed by atoms with Crippen molar-refractivity contribution >= 4 is 0 Å². The first kappa shape index (κ1) is 13.6. The Morgan fingerprint density at radius 3 is 2.35 bits per heavy atom. The fraction of sp³-hybridized carbons (Fsp3) is 1.00. The first-order valence-electron chi connectivity index (χ1n) is 9.20. The third-order valence-corrected chi connectivity index (χ3v) is 6.98. The van der Waals surface area contributed by atoms with Gasteiger partial charge in [0.2, 0.25) is 0 Å². The summed E-state index contributed by atoms with van der Waals surface area (Å²) < 4.78 is 0. The van der Waals surface area contributed by atoms with Gasteiger partial charge in [-0.25, -0.2) is 0 Å². The van der Waals surface area contributed by atoms with Crippen molar-refractivity contribution < 1.29 is 0 Å². The lowest BCUT2D eigenvalue weighted by atomic mass is 9.74. The van der Waals surface area contributed by atoms with Gasteiger partial charge in [-0.2, -0.15) is 0 Å². The Hall–Kier alpha value is -0.0800. The van der Waals surface area contributed by atoms with Crippen LogP contribution in [0.3, 0.4) is 0 Å². The molecule has 4 rings (SSSR count). The van der Waals surface area contributed by atoms with Crippen molar-refractivity contribution in [1.82, 2.24) is 10.2 Å². The quantitative estimate of drug-likeness (QED) is 0.848. The van der Waals surface area contributed by atoms with Gasteiger partial charge in [0.15, 0.2) is 0 Å². The van der Waals surface area contributed by atoms with Crippen LogP contribution in [0.4, 0.5) is 0 Å². The number of nitrogens with zero attached hydrogens (tertiary/aromatic N) is 1. The fourth-order valence-corrected chi connectivity index (χ4v) is 5.04. The molecule has 3 aliphatic carbocycles. The summed E-state index contributed by atoms with van der Waals surface area (Å²) in [5, 5.41) is 4.02. The van der Waals surface area contributed by atoms with E-state index in [1.54, 1.807) is 0 Å². The molecule has 0 amide bonds. The maximum atomic E-state index is 4.02. The molecule has 4 fully saturated rings. The second-order valence-electron chi connectivity index (χ2n) is 8.51. The zero-order chi connectivity index (χ0) is 13.6. The second kappa shape index (κ2) is 4.98. The van der Waals surface area contributed by atoms with Crippen LogP contribution in [0.25, 0.3) is 0 Å². The summed E-state index contributed by atoms with van der Waals surface area (Å²) in [7, 11) is 0. The molecular weight excluding hydrogens is 244 g/mol. The van der Waals surface area contributed by atoms with Gasteiger partial charge in [0.1, 0.15) is 0 Å². The highest BCUT2D eigenvalue weighted by Gasteiger charge is 2.51. The minimum atomic E-state index is 0.423. The van der Waals surface area contributed by atoms with Crippen molar-refractivity contribution in [3.8, 4) is 0 Å². The Kier molecular flexibility index (Phi) is 3.38. The van der Waals surface area contributed by atoms with E-state index in [1.807, 2.05) is 0 Å². The van der Waals surface area contributed by atoms with Crippen LogP contribution < -0.4 is 5.32 Å². The Morgan fingerprint density at radius 2 is 1.75 bits per heavy atom. The van der Waals surface area contributed by atoms with Crippen LogP contribution in [0.5, 0.6) is 0 Å². The van der Waals surface area contributed by atoms with Gasteiger partial charge in [0, 0.05) is 30.7 Å². The number of rotatable bonds is 3. The SMILES string of the molecule is CC1(C2CC2)CN(CC2CCC2)C2(CCCCC2)CN1. The highest BCUT2D eigenvalue weighted by molar-refractivity contribution is 5.09. The van der Waals surface area contributed by atoms with Gasteiger partial charge in [0.25, 0.3) is 0 Å². The van der Waals surface area contributed by atoms with Gasteiger partial charge in [0.05, 0.1) is 0 Å². The molecule has 3 saturated carbocycles. The Bertz CT molecular complexity index is 352. The molecule has 1 saturated heterocycles. The molecule has 2 heteroatoms. The standard InChI is InChI=1S/C18H32N2/c1-17(16-8-9-16)14-20(12-15-6-5-7-15)18(13-19-17)10-3-2-4-11-18/h15-16,19H,2-14H2,1H3. The molecule has 1 aliphatic heterocycles. The van der Waals surface area contributed by atoms with Crippen molar-refractivity contribution in [2.45, 2.75) is 82.2 Å². The highest BCUT2D eigenvalue weighted by Crippen LogP contribution is 2.46. The van der Waals surface area contributed by atoms with E-state index in [0.29, 0.717) is 11.1 Å². The lowest BCUT2D eigenvalue weighted by Gasteiger charge is -2.57. The Morgan fingerprint density at radius 1 is 1.00 bits per heavy atom. The third-order valence-electron chi connectivity index (χ3n) is 6.98. The molecule has 20 heavy (non-hydrogen) atoms. The third kappa shape index (κ3) is 2.33. The molecule has 1 atom stereocenters. The van der Waals surface area contributed by atoms with Gasteiger partial charge in [-0.15, -0.1) is 0 Å². The van der Waals surface area contributed by atoms with Gasteiger partial charge in [-0.05, 0) is 57.3 Å². The van der Waals surface area contributed by atoms with Crippen LogP contribution in [-0.4, -0.2) is 35.6 Å². The number of hydrogen-bond acceptors (Lipinski definition) is 2. The summed E-state index contributed by atoms with van der Waals surface area (Å²) in [4.78, 5) is 2.98. The van der Waals surface area contributed by atoms with E-state index in [0.717, 1.165) is 11.8 Å². The number of hydrogen-bond donors (Lipinski definition) is 1. The minimum absolute atomic E-state index is 0.423. The maximum Gasteiger partial charge on any atom is 0.0335 e. The minimum Gasteiger partial charge on any atom is -0.308 e. The summed E-state index contributed by atoms with van der Waals surface area (Å²) in [5.41, 5.74) is 0.953. The molecular formula is C18H32N2. The van der Waals surface area contributed by atoms with Gasteiger partial charge >= 0.3 is 0 Å². The molecule has 1 spiro atoms. The van der Waals surface area contributed by atoms with Crippen LogP contribution in [0, 0.1) is 11.8 Å². The van der Waals surface area contributed by atoms with E-state index in [4.69, 9.17) is 0 Å². The van der Waals surface area contributed by atoms with Crippen molar-refractivity contribution in [1.29, 1.82) is 0 Å². The highest BCUT2D eigenvalue weighted by atomic mass is 15.3. The van der Waals surface area contributed by atoms with E-state index in [9.17, 15) is 0 Å². The molecule has 1 heterocycles. The second-order valence-corrected chi connectivity index (χ2v) is 8.51. The van der Waals surface area contributed by atoms with Crippen molar-refractivity contribution in [2.75, 3.05) is 19.6 Å². The molecule has 0 radical (unpaired) electrons. The van der Waals surface area contributed by atoms with Crippen LogP contribution in [-0.2, 0) is 0 Å². The summed E-state index contributed by atoms with van der Waals surface area (Å²) in [6.07, 6.45) is 14.7. The van der Waals surface area contributed by atoms with Gasteiger partial charge in [-0.1, -0.05) is 25.7 Å². The first-order valence-corrected chi connectivity index (χ1v) is 9.20. The predicted molar refractivity (Wildman–Crippen MR) is 83.9 cm³/mol. The fourth-order valence-electron chi connectivity index (χ4n) is 5.04. The van der Waals surface area contributed by atoms with Crippen LogP contribution >= 0.6 is 0 Å². The molecule has 2 nitrogen and oxygen atoms in total. The zero-order valence-corrected chi connectivity index (χ0v) is 13.3. The topological polar surface area (TPSA) is 15.3 Å². The molecule has 0 aromatic heterocycles. The Labute approximate surface area is 124 Å². The lowest BCUT2D eigenvalue weighted by Crippen LogP contribution is -2.71. The van der Waals surface area contributed by atoms with Gasteiger partial charge in [-0.3, -0.25) is 4.90 Å². The molecule has 114 valence electrons. The predicted octanol–water partition coefficient (Wildman–Crippen LogP) is 3.56. The summed E-state index contributed by atoms with van der Waals surface area (Å²) in [5.74, 6) is 1.99. The molecule has 0 bridgehead atoms.